The van der Waals surface area contributed by atoms with Crippen molar-refractivity contribution < 1.29 is 19.1 Å². The number of likely N-dealkylation sites (tertiary alicyclic amines) is 1. The van der Waals surface area contributed by atoms with Crippen molar-refractivity contribution in [2.45, 2.75) is 19.8 Å². The predicted molar refractivity (Wildman–Crippen MR) is 81.4 cm³/mol. The summed E-state index contributed by atoms with van der Waals surface area (Å²) >= 11 is 0. The predicted octanol–water partition coefficient (Wildman–Crippen LogP) is 1.67. The third-order valence-corrected chi connectivity index (χ3v) is 3.83. The van der Waals surface area contributed by atoms with Gasteiger partial charge in [-0.1, -0.05) is 6.92 Å². The third-order valence-electron chi connectivity index (χ3n) is 3.83. The van der Waals surface area contributed by atoms with Crippen molar-refractivity contribution in [3.05, 3.63) is 29.8 Å². The van der Waals surface area contributed by atoms with E-state index >= 15 is 0 Å². The highest BCUT2D eigenvalue weighted by Gasteiger charge is 2.25. The van der Waals surface area contributed by atoms with Crippen molar-refractivity contribution >= 4 is 23.5 Å². The number of amides is 2. The van der Waals surface area contributed by atoms with E-state index < -0.39 is 17.8 Å². The Morgan fingerprint density at radius 2 is 1.73 bits per heavy atom. The van der Waals surface area contributed by atoms with Gasteiger partial charge in [-0.05, 0) is 43.0 Å². The van der Waals surface area contributed by atoms with E-state index in [4.69, 9.17) is 0 Å². The summed E-state index contributed by atoms with van der Waals surface area (Å²) in [6, 6.07) is 6.20. The van der Waals surface area contributed by atoms with Crippen molar-refractivity contribution in [2.75, 3.05) is 25.5 Å². The Morgan fingerprint density at radius 1 is 1.14 bits per heavy atom. The summed E-state index contributed by atoms with van der Waals surface area (Å²) in [6.07, 6.45) is 1.85. The first-order valence-corrected chi connectivity index (χ1v) is 7.30. The number of nitrogens with one attached hydrogen (secondary N) is 1. The van der Waals surface area contributed by atoms with Crippen LogP contribution in [-0.2, 0) is 14.3 Å². The van der Waals surface area contributed by atoms with Crippen LogP contribution >= 0.6 is 0 Å². The molecule has 6 nitrogen and oxygen atoms in total. The van der Waals surface area contributed by atoms with E-state index in [0.717, 1.165) is 12.8 Å². The summed E-state index contributed by atoms with van der Waals surface area (Å²) in [5.41, 5.74) is 0.855. The maximum Gasteiger partial charge on any atom is 0.337 e. The number of benzene rings is 1. The number of carbonyl (C=O) groups is 3. The minimum atomic E-state index is -0.652. The molecule has 1 heterocycles. The van der Waals surface area contributed by atoms with Crippen molar-refractivity contribution in [1.29, 1.82) is 0 Å². The van der Waals surface area contributed by atoms with E-state index in [1.807, 2.05) is 0 Å². The number of nitrogens with zero attached hydrogens (tertiary/aromatic N) is 1. The highest BCUT2D eigenvalue weighted by atomic mass is 16.5. The summed E-state index contributed by atoms with van der Waals surface area (Å²) < 4.78 is 4.60. The molecule has 0 spiro atoms. The molecule has 0 saturated carbocycles. The molecule has 1 saturated heterocycles. The number of hydrogen-bond donors (Lipinski definition) is 1. The smallest absolute Gasteiger partial charge is 0.337 e. The summed E-state index contributed by atoms with van der Waals surface area (Å²) in [5.74, 6) is -1.02. The lowest BCUT2D eigenvalue weighted by molar-refractivity contribution is -0.144. The number of anilines is 1. The van der Waals surface area contributed by atoms with Gasteiger partial charge in [0.15, 0.2) is 0 Å². The normalized spacial score (nSPS) is 15.3. The average molecular weight is 304 g/mol. The molecule has 2 rings (SSSR count). The largest absolute Gasteiger partial charge is 0.465 e. The quantitative estimate of drug-likeness (QED) is 0.666. The van der Waals surface area contributed by atoms with E-state index in [-0.39, 0.29) is 0 Å². The lowest BCUT2D eigenvalue weighted by Gasteiger charge is -2.29. The molecule has 0 radical (unpaired) electrons. The fourth-order valence-electron chi connectivity index (χ4n) is 2.35. The van der Waals surface area contributed by atoms with Crippen LogP contribution in [0.3, 0.4) is 0 Å². The Bertz CT molecular complexity index is 560. The molecule has 118 valence electrons. The molecule has 22 heavy (non-hydrogen) atoms. The van der Waals surface area contributed by atoms with Crippen LogP contribution in [-0.4, -0.2) is 42.9 Å². The van der Waals surface area contributed by atoms with E-state index in [9.17, 15) is 14.4 Å². The molecule has 1 aliphatic rings. The van der Waals surface area contributed by atoms with Crippen molar-refractivity contribution in [3.8, 4) is 0 Å². The first-order valence-electron chi connectivity index (χ1n) is 7.30. The molecule has 0 atom stereocenters. The molecule has 0 aromatic heterocycles. The van der Waals surface area contributed by atoms with Crippen LogP contribution in [0.2, 0.25) is 0 Å². The Kier molecular flexibility index (Phi) is 5.14. The Balaban J connectivity index is 1.93. The summed E-state index contributed by atoms with van der Waals surface area (Å²) in [4.78, 5) is 36.9. The van der Waals surface area contributed by atoms with Crippen LogP contribution in [0.25, 0.3) is 0 Å². The Morgan fingerprint density at radius 3 is 2.27 bits per heavy atom. The molecule has 0 aliphatic carbocycles. The van der Waals surface area contributed by atoms with E-state index in [1.165, 1.54) is 19.2 Å². The number of hydrogen-bond acceptors (Lipinski definition) is 4. The number of carbonyl (C=O) groups excluding carboxylic acids is 3. The second kappa shape index (κ2) is 7.06. The van der Waals surface area contributed by atoms with Gasteiger partial charge in [0, 0.05) is 18.8 Å². The van der Waals surface area contributed by atoms with Crippen molar-refractivity contribution in [3.63, 3.8) is 0 Å². The van der Waals surface area contributed by atoms with Crippen LogP contribution in [0, 0.1) is 5.92 Å². The number of methoxy groups -OCH3 is 1. The first-order chi connectivity index (χ1) is 10.5. The number of rotatable bonds is 2. The fraction of sp³-hybridized carbons (Fsp3) is 0.438. The van der Waals surface area contributed by atoms with Crippen LogP contribution in [0.4, 0.5) is 5.69 Å². The van der Waals surface area contributed by atoms with E-state index in [2.05, 4.69) is 17.0 Å². The second-order valence-electron chi connectivity index (χ2n) is 5.50. The molecular formula is C16H20N2O4. The molecule has 1 fully saturated rings. The third kappa shape index (κ3) is 3.84. The van der Waals surface area contributed by atoms with Gasteiger partial charge in [-0.3, -0.25) is 9.59 Å². The summed E-state index contributed by atoms with van der Waals surface area (Å²) in [5, 5.41) is 2.55. The van der Waals surface area contributed by atoms with Gasteiger partial charge in [0.25, 0.3) is 0 Å². The lowest BCUT2D eigenvalue weighted by Crippen LogP contribution is -2.43. The number of piperidine rings is 1. The maximum absolute atomic E-state index is 12.1. The molecule has 0 unspecified atom stereocenters. The lowest BCUT2D eigenvalue weighted by atomic mass is 9.99. The van der Waals surface area contributed by atoms with Gasteiger partial charge in [-0.2, -0.15) is 0 Å². The van der Waals surface area contributed by atoms with Crippen LogP contribution in [0.1, 0.15) is 30.1 Å². The van der Waals surface area contributed by atoms with Crippen LogP contribution in [0.15, 0.2) is 24.3 Å². The number of esters is 1. The van der Waals surface area contributed by atoms with Crippen molar-refractivity contribution in [1.82, 2.24) is 4.90 Å². The Hall–Kier alpha value is -2.37. The van der Waals surface area contributed by atoms with Gasteiger partial charge < -0.3 is 15.0 Å². The molecule has 1 aromatic rings. The minimum Gasteiger partial charge on any atom is -0.465 e. The zero-order chi connectivity index (χ0) is 16.1. The van der Waals surface area contributed by atoms with Crippen LogP contribution < -0.4 is 5.32 Å². The fourth-order valence-corrected chi connectivity index (χ4v) is 2.35. The second-order valence-corrected chi connectivity index (χ2v) is 5.50. The minimum absolute atomic E-state index is 0.386. The van der Waals surface area contributed by atoms with Gasteiger partial charge in [0.1, 0.15) is 0 Å². The number of ether oxygens (including phenoxy) is 1. The van der Waals surface area contributed by atoms with Gasteiger partial charge in [0.2, 0.25) is 0 Å². The van der Waals surface area contributed by atoms with Gasteiger partial charge in [0.05, 0.1) is 12.7 Å². The SMILES string of the molecule is COC(=O)c1ccc(NC(=O)C(=O)N2CCC(C)CC2)cc1. The highest BCUT2D eigenvalue weighted by Crippen LogP contribution is 2.16. The maximum atomic E-state index is 12.1. The summed E-state index contributed by atoms with van der Waals surface area (Å²) in [7, 11) is 1.30. The first kappa shape index (κ1) is 16.0. The molecule has 1 aliphatic heterocycles. The Labute approximate surface area is 129 Å². The zero-order valence-corrected chi connectivity index (χ0v) is 12.8. The van der Waals surface area contributed by atoms with Crippen LogP contribution in [0.5, 0.6) is 0 Å². The highest BCUT2D eigenvalue weighted by molar-refractivity contribution is 6.39. The molecule has 1 N–H and O–H groups in total. The van der Waals surface area contributed by atoms with E-state index in [1.54, 1.807) is 17.0 Å². The molecular weight excluding hydrogens is 284 g/mol. The molecule has 2 amide bonds. The molecule has 1 aromatic carbocycles. The topological polar surface area (TPSA) is 75.7 Å². The van der Waals surface area contributed by atoms with Crippen molar-refractivity contribution in [2.24, 2.45) is 5.92 Å². The monoisotopic (exact) mass is 304 g/mol. The van der Waals surface area contributed by atoms with Gasteiger partial charge in [-0.15, -0.1) is 0 Å². The van der Waals surface area contributed by atoms with E-state index in [0.29, 0.717) is 30.3 Å². The standard InChI is InChI=1S/C16H20N2O4/c1-11-7-9-18(10-8-11)15(20)14(19)17-13-5-3-12(4-6-13)16(21)22-2/h3-6,11H,7-10H2,1-2H3,(H,17,19). The molecule has 6 heteroatoms. The van der Waals surface area contributed by atoms with Gasteiger partial charge >= 0.3 is 17.8 Å². The molecule has 0 bridgehead atoms. The van der Waals surface area contributed by atoms with Gasteiger partial charge in [-0.25, -0.2) is 4.79 Å². The zero-order valence-electron chi connectivity index (χ0n) is 12.8. The summed E-state index contributed by atoms with van der Waals surface area (Å²) in [6.45, 7) is 3.38. The average Bonchev–Trinajstić information content (AvgIpc) is 2.54.